The minimum absolute atomic E-state index is 0.0862. The first-order valence-corrected chi connectivity index (χ1v) is 6.20. The lowest BCUT2D eigenvalue weighted by atomic mass is 10.3. The number of benzene rings is 1. The lowest BCUT2D eigenvalue weighted by Crippen LogP contribution is -2.25. The Kier molecular flexibility index (Phi) is 4.39. The van der Waals surface area contributed by atoms with Gasteiger partial charge >= 0.3 is 0 Å². The molecule has 0 aliphatic rings. The summed E-state index contributed by atoms with van der Waals surface area (Å²) in [6, 6.07) is 3.48. The Morgan fingerprint density at radius 2 is 2.21 bits per heavy atom. The van der Waals surface area contributed by atoms with Gasteiger partial charge in [-0.05, 0) is 18.2 Å². The number of H-pyrrole nitrogens is 1. The molecule has 1 aromatic carbocycles. The van der Waals surface area contributed by atoms with E-state index in [1.54, 1.807) is 0 Å². The van der Waals surface area contributed by atoms with Gasteiger partial charge in [-0.3, -0.25) is 4.79 Å². The number of carbonyl (C=O) groups excluding carboxylic acids is 1. The van der Waals surface area contributed by atoms with Crippen LogP contribution in [0.25, 0.3) is 0 Å². The van der Waals surface area contributed by atoms with Gasteiger partial charge in [-0.2, -0.15) is 5.21 Å². The third-order valence-electron chi connectivity index (χ3n) is 2.09. The number of thioether (sulfide) groups is 1. The number of nitrogens with one attached hydrogen (secondary N) is 2. The Labute approximate surface area is 111 Å². The van der Waals surface area contributed by atoms with Crippen molar-refractivity contribution in [3.63, 3.8) is 0 Å². The van der Waals surface area contributed by atoms with Gasteiger partial charge in [-0.15, -0.1) is 22.0 Å². The maximum Gasteiger partial charge on any atom is 0.230 e. The van der Waals surface area contributed by atoms with E-state index < -0.39 is 11.6 Å². The highest BCUT2D eigenvalue weighted by Gasteiger charge is 2.07. The van der Waals surface area contributed by atoms with Crippen LogP contribution >= 0.6 is 11.8 Å². The number of hydrogen-bond acceptors (Lipinski definition) is 5. The van der Waals surface area contributed by atoms with E-state index >= 15 is 0 Å². The average Bonchev–Trinajstić information content (AvgIpc) is 2.91. The Hall–Kier alpha value is -2.03. The fraction of sp³-hybridized carbons (Fsp3) is 0.200. The van der Waals surface area contributed by atoms with Crippen LogP contribution in [-0.2, 0) is 11.3 Å². The molecule has 2 rings (SSSR count). The molecule has 6 nitrogen and oxygen atoms in total. The largest absolute Gasteiger partial charge is 0.348 e. The summed E-state index contributed by atoms with van der Waals surface area (Å²) in [7, 11) is 0. The molecule has 1 aromatic heterocycles. The van der Waals surface area contributed by atoms with Crippen molar-refractivity contribution in [1.29, 1.82) is 0 Å². The average molecular weight is 285 g/mol. The molecule has 100 valence electrons. The molecule has 2 N–H and O–H groups in total. The molecule has 9 heteroatoms. The van der Waals surface area contributed by atoms with E-state index in [1.165, 1.54) is 6.07 Å². The number of rotatable bonds is 5. The number of halogens is 2. The third-order valence-corrected chi connectivity index (χ3v) is 3.09. The lowest BCUT2D eigenvalue weighted by molar-refractivity contribution is -0.118. The van der Waals surface area contributed by atoms with Crippen molar-refractivity contribution in [3.8, 4) is 0 Å². The minimum Gasteiger partial charge on any atom is -0.348 e. The molecule has 2 aromatic rings. The van der Waals surface area contributed by atoms with Crippen molar-refractivity contribution in [2.24, 2.45) is 0 Å². The van der Waals surface area contributed by atoms with Gasteiger partial charge in [0.15, 0.2) is 17.5 Å². The summed E-state index contributed by atoms with van der Waals surface area (Å²) in [4.78, 5) is 12.0. The van der Waals surface area contributed by atoms with Crippen molar-refractivity contribution < 1.29 is 13.6 Å². The summed E-state index contributed by atoms with van der Waals surface area (Å²) in [6.07, 6.45) is 0. The van der Waals surface area contributed by atoms with E-state index in [0.29, 0.717) is 10.7 Å². The molecule has 0 atom stereocenters. The van der Waals surface area contributed by atoms with Crippen LogP contribution in [0, 0.1) is 11.6 Å². The van der Waals surface area contributed by atoms with Gasteiger partial charge < -0.3 is 5.32 Å². The van der Waals surface area contributed by atoms with Crippen LogP contribution in [0.15, 0.2) is 23.1 Å². The maximum absolute atomic E-state index is 12.9. The highest BCUT2D eigenvalue weighted by molar-refractivity contribution is 8.00. The Bertz CT molecular complexity index is 563. The molecule has 0 unspecified atom stereocenters. The van der Waals surface area contributed by atoms with Crippen LogP contribution in [0.3, 0.4) is 0 Å². The van der Waals surface area contributed by atoms with Gasteiger partial charge in [-0.25, -0.2) is 8.78 Å². The Morgan fingerprint density at radius 3 is 2.89 bits per heavy atom. The fourth-order valence-corrected chi connectivity index (χ4v) is 1.95. The Morgan fingerprint density at radius 1 is 1.37 bits per heavy atom. The highest BCUT2D eigenvalue weighted by atomic mass is 32.2. The number of aromatic amines is 1. The lowest BCUT2D eigenvalue weighted by Gasteiger charge is -2.03. The molecular formula is C10H9F2N5OS. The molecular weight excluding hydrogens is 276 g/mol. The zero-order valence-corrected chi connectivity index (χ0v) is 10.4. The second-order valence-electron chi connectivity index (χ2n) is 3.47. The van der Waals surface area contributed by atoms with Crippen LogP contribution < -0.4 is 5.32 Å². The van der Waals surface area contributed by atoms with Gasteiger partial charge in [0.05, 0.1) is 12.3 Å². The van der Waals surface area contributed by atoms with Crippen molar-refractivity contribution >= 4 is 17.7 Å². The quantitative estimate of drug-likeness (QED) is 0.797. The summed E-state index contributed by atoms with van der Waals surface area (Å²) in [5.41, 5.74) is 0. The van der Waals surface area contributed by atoms with Crippen LogP contribution in [0.1, 0.15) is 5.82 Å². The number of carbonyl (C=O) groups is 1. The number of tetrazole rings is 1. The first-order chi connectivity index (χ1) is 9.15. The zero-order valence-electron chi connectivity index (χ0n) is 9.56. The van der Waals surface area contributed by atoms with Gasteiger partial charge in [0.1, 0.15) is 0 Å². The molecule has 1 amide bonds. The van der Waals surface area contributed by atoms with Crippen molar-refractivity contribution in [3.05, 3.63) is 35.7 Å². The van der Waals surface area contributed by atoms with E-state index in [4.69, 9.17) is 0 Å². The monoisotopic (exact) mass is 285 g/mol. The topological polar surface area (TPSA) is 83.6 Å². The van der Waals surface area contributed by atoms with E-state index in [1.807, 2.05) is 0 Å². The molecule has 0 bridgehead atoms. The molecule has 0 radical (unpaired) electrons. The standard InChI is InChI=1S/C10H9F2N5OS/c11-7-2-1-6(3-8(7)12)19-5-10(18)13-4-9-14-16-17-15-9/h1-3H,4-5H2,(H,13,18)(H,14,15,16,17). The van der Waals surface area contributed by atoms with Crippen molar-refractivity contribution in [2.75, 3.05) is 5.75 Å². The maximum atomic E-state index is 12.9. The highest BCUT2D eigenvalue weighted by Crippen LogP contribution is 2.19. The van der Waals surface area contributed by atoms with Crippen molar-refractivity contribution in [2.45, 2.75) is 11.4 Å². The molecule has 0 saturated heterocycles. The molecule has 0 fully saturated rings. The first-order valence-electron chi connectivity index (χ1n) is 5.22. The third kappa shape index (κ3) is 3.98. The molecule has 0 spiro atoms. The van der Waals surface area contributed by atoms with Crippen LogP contribution in [-0.4, -0.2) is 32.3 Å². The summed E-state index contributed by atoms with van der Waals surface area (Å²) < 4.78 is 25.6. The molecule has 0 aliphatic carbocycles. The number of hydrogen-bond donors (Lipinski definition) is 2. The van der Waals surface area contributed by atoms with E-state index in [9.17, 15) is 13.6 Å². The van der Waals surface area contributed by atoms with Crippen LogP contribution in [0.4, 0.5) is 8.78 Å². The van der Waals surface area contributed by atoms with Crippen LogP contribution in [0.5, 0.6) is 0 Å². The van der Waals surface area contributed by atoms with E-state index in [0.717, 1.165) is 23.9 Å². The minimum atomic E-state index is -0.933. The van der Waals surface area contributed by atoms with Gasteiger partial charge in [-0.1, -0.05) is 5.21 Å². The fourth-order valence-electron chi connectivity index (χ4n) is 1.20. The second-order valence-corrected chi connectivity index (χ2v) is 4.52. The summed E-state index contributed by atoms with van der Waals surface area (Å²) in [5, 5.41) is 15.5. The number of aromatic nitrogens is 4. The van der Waals surface area contributed by atoms with Crippen molar-refractivity contribution in [1.82, 2.24) is 25.9 Å². The first kappa shape index (κ1) is 13.4. The predicted molar refractivity (Wildman–Crippen MR) is 63.1 cm³/mol. The number of amides is 1. The molecule has 1 heterocycles. The van der Waals surface area contributed by atoms with E-state index in [-0.39, 0.29) is 18.2 Å². The number of nitrogens with zero attached hydrogens (tertiary/aromatic N) is 3. The second kappa shape index (κ2) is 6.23. The SMILES string of the molecule is O=C(CSc1ccc(F)c(F)c1)NCc1nn[nH]n1. The molecule has 0 saturated carbocycles. The summed E-state index contributed by atoms with van der Waals surface area (Å²) >= 11 is 1.11. The molecule has 19 heavy (non-hydrogen) atoms. The Balaban J connectivity index is 1.78. The zero-order chi connectivity index (χ0) is 13.7. The van der Waals surface area contributed by atoms with Gasteiger partial charge in [0, 0.05) is 4.90 Å². The molecule has 0 aliphatic heterocycles. The summed E-state index contributed by atoms with van der Waals surface area (Å²) in [6.45, 7) is 0.160. The summed E-state index contributed by atoms with van der Waals surface area (Å²) in [5.74, 6) is -1.66. The smallest absolute Gasteiger partial charge is 0.230 e. The van der Waals surface area contributed by atoms with Crippen LogP contribution in [0.2, 0.25) is 0 Å². The predicted octanol–water partition coefficient (Wildman–Crippen LogP) is 0.886. The van der Waals surface area contributed by atoms with Gasteiger partial charge in [0.2, 0.25) is 5.91 Å². The normalized spacial score (nSPS) is 10.4. The van der Waals surface area contributed by atoms with E-state index in [2.05, 4.69) is 25.9 Å². The van der Waals surface area contributed by atoms with Gasteiger partial charge in [0.25, 0.3) is 0 Å².